The molecular weight excluding hydrogens is 252 g/mol. The van der Waals surface area contributed by atoms with Crippen molar-refractivity contribution in [3.63, 3.8) is 0 Å². The standard InChI is InChI=1S/C13H15ClN2S/c1-9-11(6-7-17-9)13(16-15)8-10-4-2-3-5-12(10)14/h2-7,13,16H,8,15H2,1H3. The van der Waals surface area contributed by atoms with E-state index in [0.29, 0.717) is 0 Å². The lowest BCUT2D eigenvalue weighted by Crippen LogP contribution is -2.29. The summed E-state index contributed by atoms with van der Waals surface area (Å²) in [5.41, 5.74) is 5.23. The Labute approximate surface area is 110 Å². The third kappa shape index (κ3) is 2.87. The molecule has 1 aromatic carbocycles. The molecule has 0 aliphatic rings. The minimum absolute atomic E-state index is 0.112. The molecule has 0 saturated heterocycles. The lowest BCUT2D eigenvalue weighted by molar-refractivity contribution is 0.551. The summed E-state index contributed by atoms with van der Waals surface area (Å²) < 4.78 is 0. The van der Waals surface area contributed by atoms with Crippen LogP contribution < -0.4 is 11.3 Å². The molecule has 0 fully saturated rings. The number of thiophene rings is 1. The van der Waals surface area contributed by atoms with Gasteiger partial charge in [0.25, 0.3) is 0 Å². The van der Waals surface area contributed by atoms with E-state index >= 15 is 0 Å². The van der Waals surface area contributed by atoms with Crippen molar-refractivity contribution in [3.8, 4) is 0 Å². The second-order valence-electron chi connectivity index (χ2n) is 3.95. The fraction of sp³-hybridized carbons (Fsp3) is 0.231. The van der Waals surface area contributed by atoms with Gasteiger partial charge in [0.05, 0.1) is 6.04 Å². The number of hydrazine groups is 1. The Morgan fingerprint density at radius 3 is 2.71 bits per heavy atom. The smallest absolute Gasteiger partial charge is 0.0511 e. The molecule has 2 aromatic rings. The topological polar surface area (TPSA) is 38.0 Å². The van der Waals surface area contributed by atoms with Crippen molar-refractivity contribution in [1.82, 2.24) is 5.43 Å². The second-order valence-corrected chi connectivity index (χ2v) is 5.47. The zero-order valence-corrected chi connectivity index (χ0v) is 11.2. The number of rotatable bonds is 4. The van der Waals surface area contributed by atoms with Gasteiger partial charge in [-0.2, -0.15) is 0 Å². The van der Waals surface area contributed by atoms with Crippen LogP contribution in [-0.4, -0.2) is 0 Å². The normalized spacial score (nSPS) is 12.6. The number of halogens is 1. The summed E-state index contributed by atoms with van der Waals surface area (Å²) in [5, 5.41) is 2.88. The van der Waals surface area contributed by atoms with Gasteiger partial charge in [-0.15, -0.1) is 11.3 Å². The summed E-state index contributed by atoms with van der Waals surface area (Å²) in [6.07, 6.45) is 0.799. The van der Waals surface area contributed by atoms with Gasteiger partial charge in [-0.1, -0.05) is 29.8 Å². The summed E-state index contributed by atoms with van der Waals surface area (Å²) in [7, 11) is 0. The Hall–Kier alpha value is -0.870. The second kappa shape index (κ2) is 5.65. The predicted octanol–water partition coefficient (Wildman–Crippen LogP) is 3.46. The van der Waals surface area contributed by atoms with Gasteiger partial charge in [-0.25, -0.2) is 0 Å². The molecule has 1 unspecified atom stereocenters. The summed E-state index contributed by atoms with van der Waals surface area (Å²) in [4.78, 5) is 1.29. The van der Waals surface area contributed by atoms with E-state index in [0.717, 1.165) is 17.0 Å². The quantitative estimate of drug-likeness (QED) is 0.657. The predicted molar refractivity (Wildman–Crippen MR) is 74.3 cm³/mol. The molecule has 0 aliphatic carbocycles. The molecule has 0 amide bonds. The van der Waals surface area contributed by atoms with E-state index in [-0.39, 0.29) is 6.04 Å². The Balaban J connectivity index is 2.22. The molecule has 17 heavy (non-hydrogen) atoms. The Morgan fingerprint density at radius 1 is 1.35 bits per heavy atom. The average molecular weight is 267 g/mol. The Kier molecular flexibility index (Phi) is 4.18. The summed E-state index contributed by atoms with van der Waals surface area (Å²) in [6.45, 7) is 2.11. The van der Waals surface area contributed by atoms with Crippen molar-refractivity contribution in [2.75, 3.05) is 0 Å². The molecule has 1 aromatic heterocycles. The molecule has 1 heterocycles. The van der Waals surface area contributed by atoms with Gasteiger partial charge in [0.1, 0.15) is 0 Å². The van der Waals surface area contributed by atoms with Crippen molar-refractivity contribution < 1.29 is 0 Å². The lowest BCUT2D eigenvalue weighted by Gasteiger charge is -2.16. The van der Waals surface area contributed by atoms with E-state index < -0.39 is 0 Å². The number of nitrogens with one attached hydrogen (secondary N) is 1. The van der Waals surface area contributed by atoms with E-state index in [1.807, 2.05) is 24.3 Å². The van der Waals surface area contributed by atoms with E-state index in [9.17, 15) is 0 Å². The van der Waals surface area contributed by atoms with Crippen molar-refractivity contribution in [2.45, 2.75) is 19.4 Å². The minimum Gasteiger partial charge on any atom is -0.271 e. The van der Waals surface area contributed by atoms with E-state index in [2.05, 4.69) is 23.8 Å². The van der Waals surface area contributed by atoms with Crippen molar-refractivity contribution in [2.24, 2.45) is 5.84 Å². The maximum atomic E-state index is 6.16. The third-order valence-electron chi connectivity index (χ3n) is 2.86. The number of hydrogen-bond acceptors (Lipinski definition) is 3. The van der Waals surface area contributed by atoms with Crippen LogP contribution in [0, 0.1) is 6.92 Å². The first-order chi connectivity index (χ1) is 8.22. The van der Waals surface area contributed by atoms with Crippen LogP contribution >= 0.6 is 22.9 Å². The first kappa shape index (κ1) is 12.6. The van der Waals surface area contributed by atoms with Crippen molar-refractivity contribution in [3.05, 3.63) is 56.7 Å². The minimum atomic E-state index is 0.112. The molecule has 0 saturated carbocycles. The third-order valence-corrected chi connectivity index (χ3v) is 4.09. The molecule has 4 heteroatoms. The fourth-order valence-corrected chi connectivity index (χ4v) is 2.88. The Morgan fingerprint density at radius 2 is 2.12 bits per heavy atom. The molecule has 0 aliphatic heterocycles. The Bertz CT molecular complexity index is 496. The van der Waals surface area contributed by atoms with Crippen LogP contribution in [0.4, 0.5) is 0 Å². The van der Waals surface area contributed by atoms with Crippen LogP contribution in [0.1, 0.15) is 22.0 Å². The molecule has 2 rings (SSSR count). The first-order valence-electron chi connectivity index (χ1n) is 5.46. The van der Waals surface area contributed by atoms with E-state index in [4.69, 9.17) is 17.4 Å². The molecule has 0 spiro atoms. The van der Waals surface area contributed by atoms with Crippen LogP contribution in [0.3, 0.4) is 0 Å². The van der Waals surface area contributed by atoms with Gasteiger partial charge < -0.3 is 0 Å². The van der Waals surface area contributed by atoms with Crippen molar-refractivity contribution in [1.29, 1.82) is 0 Å². The largest absolute Gasteiger partial charge is 0.271 e. The van der Waals surface area contributed by atoms with Gasteiger partial charge in [-0.05, 0) is 42.0 Å². The summed E-state index contributed by atoms with van der Waals surface area (Å²) >= 11 is 7.89. The van der Waals surface area contributed by atoms with Crippen LogP contribution in [0.5, 0.6) is 0 Å². The highest BCUT2D eigenvalue weighted by Gasteiger charge is 2.14. The van der Waals surface area contributed by atoms with Crippen molar-refractivity contribution >= 4 is 22.9 Å². The van der Waals surface area contributed by atoms with Crippen LogP contribution in [-0.2, 0) is 6.42 Å². The zero-order valence-electron chi connectivity index (χ0n) is 9.61. The summed E-state index contributed by atoms with van der Waals surface area (Å²) in [6, 6.07) is 10.1. The van der Waals surface area contributed by atoms with Gasteiger partial charge in [0.2, 0.25) is 0 Å². The number of hydrogen-bond donors (Lipinski definition) is 2. The zero-order chi connectivity index (χ0) is 12.3. The van der Waals surface area contributed by atoms with Gasteiger partial charge in [-0.3, -0.25) is 11.3 Å². The highest BCUT2D eigenvalue weighted by Crippen LogP contribution is 2.27. The average Bonchev–Trinajstić information content (AvgIpc) is 2.75. The molecule has 90 valence electrons. The number of nitrogens with two attached hydrogens (primary N) is 1. The maximum absolute atomic E-state index is 6.16. The number of benzene rings is 1. The molecule has 0 radical (unpaired) electrons. The lowest BCUT2D eigenvalue weighted by atomic mass is 10.0. The first-order valence-corrected chi connectivity index (χ1v) is 6.71. The van der Waals surface area contributed by atoms with Gasteiger partial charge >= 0.3 is 0 Å². The van der Waals surface area contributed by atoms with E-state index in [1.165, 1.54) is 10.4 Å². The highest BCUT2D eigenvalue weighted by atomic mass is 35.5. The molecule has 0 bridgehead atoms. The molecule has 1 atom stereocenters. The maximum Gasteiger partial charge on any atom is 0.0511 e. The highest BCUT2D eigenvalue weighted by molar-refractivity contribution is 7.10. The van der Waals surface area contributed by atoms with Gasteiger partial charge in [0.15, 0.2) is 0 Å². The monoisotopic (exact) mass is 266 g/mol. The fourth-order valence-electron chi connectivity index (χ4n) is 1.90. The number of aryl methyl sites for hydroxylation is 1. The SMILES string of the molecule is Cc1sccc1C(Cc1ccccc1Cl)NN. The molecule has 2 nitrogen and oxygen atoms in total. The van der Waals surface area contributed by atoms with Crippen LogP contribution in [0.2, 0.25) is 5.02 Å². The van der Waals surface area contributed by atoms with Crippen LogP contribution in [0.25, 0.3) is 0 Å². The molecule has 3 N–H and O–H groups in total. The summed E-state index contributed by atoms with van der Waals surface area (Å²) in [5.74, 6) is 5.64. The van der Waals surface area contributed by atoms with Gasteiger partial charge in [0, 0.05) is 9.90 Å². The molecular formula is C13H15ClN2S. The van der Waals surface area contributed by atoms with Crippen LogP contribution in [0.15, 0.2) is 35.7 Å². The van der Waals surface area contributed by atoms with E-state index in [1.54, 1.807) is 11.3 Å².